The molecule has 0 saturated heterocycles. The first-order valence-corrected chi connectivity index (χ1v) is 7.13. The quantitative estimate of drug-likeness (QED) is 0.329. The minimum absolute atomic E-state index is 0. The van der Waals surface area contributed by atoms with E-state index in [0.29, 0.717) is 6.73 Å². The van der Waals surface area contributed by atoms with Crippen LogP contribution < -0.4 is 12.4 Å². The lowest BCUT2D eigenvalue weighted by molar-refractivity contribution is -0.927. The number of quaternary nitrogens is 1. The van der Waals surface area contributed by atoms with Crippen molar-refractivity contribution >= 4 is 0 Å². The van der Waals surface area contributed by atoms with Crippen LogP contribution in [0.3, 0.4) is 0 Å². The molecular weight excluding hydrogens is 234 g/mol. The zero-order valence-corrected chi connectivity index (χ0v) is 12.8. The van der Waals surface area contributed by atoms with E-state index in [1.807, 2.05) is 0 Å². The summed E-state index contributed by atoms with van der Waals surface area (Å²) in [4.78, 5) is 0. The van der Waals surface area contributed by atoms with E-state index in [2.05, 4.69) is 20.9 Å². The Morgan fingerprint density at radius 2 is 1.18 bits per heavy atom. The highest BCUT2D eigenvalue weighted by atomic mass is 35.5. The van der Waals surface area contributed by atoms with Gasteiger partial charge in [0.2, 0.25) is 0 Å². The van der Waals surface area contributed by atoms with Gasteiger partial charge in [-0.15, -0.1) is 0 Å². The lowest BCUT2D eigenvalue weighted by atomic mass is 10.1. The largest absolute Gasteiger partial charge is 1.00 e. The number of unbranched alkanes of at least 4 members (excludes halogenated alkanes) is 6. The van der Waals surface area contributed by atoms with E-state index in [-0.39, 0.29) is 12.4 Å². The smallest absolute Gasteiger partial charge is 0.180 e. The predicted octanol–water partition coefficient (Wildman–Crippen LogP) is 0.547. The van der Waals surface area contributed by atoms with E-state index in [1.54, 1.807) is 0 Å². The van der Waals surface area contributed by atoms with Crippen LogP contribution in [0.2, 0.25) is 0 Å². The first kappa shape index (κ1) is 19.5. The van der Waals surface area contributed by atoms with Crippen LogP contribution in [-0.4, -0.2) is 36.5 Å². The first-order chi connectivity index (χ1) is 7.68. The van der Waals surface area contributed by atoms with Crippen LogP contribution in [-0.2, 0) is 0 Å². The fraction of sp³-hybridized carbons (Fsp3) is 1.00. The van der Waals surface area contributed by atoms with Gasteiger partial charge in [-0.1, -0.05) is 39.5 Å². The molecule has 106 valence electrons. The van der Waals surface area contributed by atoms with Crippen molar-refractivity contribution in [1.29, 1.82) is 0 Å². The maximum absolute atomic E-state index is 9.47. The second kappa shape index (κ2) is 12.7. The van der Waals surface area contributed by atoms with Gasteiger partial charge < -0.3 is 22.0 Å². The highest BCUT2D eigenvalue weighted by molar-refractivity contribution is 4.44. The third kappa shape index (κ3) is 11.1. The summed E-state index contributed by atoms with van der Waals surface area (Å²) in [6, 6.07) is 0. The molecule has 0 aliphatic carbocycles. The molecule has 0 aromatic carbocycles. The molecule has 0 saturated carbocycles. The standard InChI is InChI=1S/C14H32NO.ClH/c1-4-6-8-10-12-15(3,14-16)13-11-9-7-5-2;/h16H,4-14H2,1-3H3;1H/q+1;/p-1. The molecule has 17 heavy (non-hydrogen) atoms. The summed E-state index contributed by atoms with van der Waals surface area (Å²) < 4.78 is 0.855. The second-order valence-corrected chi connectivity index (χ2v) is 5.33. The molecule has 0 fully saturated rings. The molecule has 0 rings (SSSR count). The number of hydrogen-bond donors (Lipinski definition) is 1. The number of halogens is 1. The number of aliphatic hydroxyl groups is 1. The normalized spacial score (nSPS) is 11.3. The summed E-state index contributed by atoms with van der Waals surface area (Å²) in [5.41, 5.74) is 0. The van der Waals surface area contributed by atoms with E-state index in [4.69, 9.17) is 0 Å². The van der Waals surface area contributed by atoms with Gasteiger partial charge >= 0.3 is 0 Å². The Morgan fingerprint density at radius 1 is 0.765 bits per heavy atom. The van der Waals surface area contributed by atoms with Gasteiger partial charge in [0.05, 0.1) is 20.1 Å². The van der Waals surface area contributed by atoms with Crippen molar-refractivity contribution < 1.29 is 22.0 Å². The average Bonchev–Trinajstić information content (AvgIpc) is 2.31. The van der Waals surface area contributed by atoms with Crippen LogP contribution in [0.15, 0.2) is 0 Å². The van der Waals surface area contributed by atoms with Crippen LogP contribution in [0, 0.1) is 0 Å². The van der Waals surface area contributed by atoms with Gasteiger partial charge in [0.25, 0.3) is 0 Å². The van der Waals surface area contributed by atoms with Crippen LogP contribution >= 0.6 is 0 Å². The van der Waals surface area contributed by atoms with Crippen molar-refractivity contribution in [3.8, 4) is 0 Å². The zero-order valence-electron chi connectivity index (χ0n) is 12.1. The number of hydrogen-bond acceptors (Lipinski definition) is 1. The van der Waals surface area contributed by atoms with Crippen molar-refractivity contribution in [2.45, 2.75) is 65.2 Å². The highest BCUT2D eigenvalue weighted by Gasteiger charge is 2.18. The van der Waals surface area contributed by atoms with Gasteiger partial charge in [0.15, 0.2) is 6.73 Å². The Labute approximate surface area is 114 Å². The summed E-state index contributed by atoms with van der Waals surface area (Å²) in [5.74, 6) is 0. The van der Waals surface area contributed by atoms with Gasteiger partial charge in [0.1, 0.15) is 0 Å². The Kier molecular flexibility index (Phi) is 14.6. The number of aliphatic hydroxyl groups excluding tert-OH is 1. The van der Waals surface area contributed by atoms with Crippen molar-refractivity contribution in [3.05, 3.63) is 0 Å². The summed E-state index contributed by atoms with van der Waals surface area (Å²) >= 11 is 0. The van der Waals surface area contributed by atoms with Gasteiger partial charge in [0, 0.05) is 0 Å². The predicted molar refractivity (Wildman–Crippen MR) is 71.3 cm³/mol. The van der Waals surface area contributed by atoms with Gasteiger partial charge in [-0.05, 0) is 25.7 Å². The maximum Gasteiger partial charge on any atom is 0.180 e. The van der Waals surface area contributed by atoms with Crippen molar-refractivity contribution in [2.24, 2.45) is 0 Å². The average molecular weight is 266 g/mol. The molecule has 0 atom stereocenters. The van der Waals surface area contributed by atoms with E-state index < -0.39 is 0 Å². The SMILES string of the molecule is CCCCCC[N+](C)(CO)CCCCCC.[Cl-]. The topological polar surface area (TPSA) is 20.2 Å². The lowest BCUT2D eigenvalue weighted by Crippen LogP contribution is -3.00. The van der Waals surface area contributed by atoms with E-state index in [9.17, 15) is 5.11 Å². The molecule has 0 spiro atoms. The Balaban J connectivity index is 0. The summed E-state index contributed by atoms with van der Waals surface area (Å²) in [5, 5.41) is 9.47. The molecule has 0 aromatic heterocycles. The molecule has 2 nitrogen and oxygen atoms in total. The van der Waals surface area contributed by atoms with Gasteiger partial charge in [-0.3, -0.25) is 0 Å². The Morgan fingerprint density at radius 3 is 1.47 bits per heavy atom. The molecule has 0 aromatic rings. The number of rotatable bonds is 11. The van der Waals surface area contributed by atoms with Gasteiger partial charge in [-0.2, -0.15) is 0 Å². The van der Waals surface area contributed by atoms with Crippen LogP contribution in [0.5, 0.6) is 0 Å². The molecular formula is C14H32ClNO. The van der Waals surface area contributed by atoms with Crippen LogP contribution in [0.25, 0.3) is 0 Å². The van der Waals surface area contributed by atoms with E-state index in [0.717, 1.165) is 17.6 Å². The summed E-state index contributed by atoms with van der Waals surface area (Å²) in [7, 11) is 2.19. The molecule has 0 aliphatic heterocycles. The lowest BCUT2D eigenvalue weighted by Gasteiger charge is -2.32. The fourth-order valence-corrected chi connectivity index (χ4v) is 2.09. The summed E-state index contributed by atoms with van der Waals surface area (Å²) in [6.07, 6.45) is 10.4. The molecule has 0 amide bonds. The minimum atomic E-state index is 0. The van der Waals surface area contributed by atoms with Crippen molar-refractivity contribution in [1.82, 2.24) is 0 Å². The second-order valence-electron chi connectivity index (χ2n) is 5.33. The molecule has 0 radical (unpaired) electrons. The fourth-order valence-electron chi connectivity index (χ4n) is 2.09. The third-order valence-electron chi connectivity index (χ3n) is 3.44. The minimum Gasteiger partial charge on any atom is -1.00 e. The zero-order chi connectivity index (χ0) is 12.3. The molecule has 0 heterocycles. The summed E-state index contributed by atoms with van der Waals surface area (Å²) in [6.45, 7) is 7.07. The third-order valence-corrected chi connectivity index (χ3v) is 3.44. The monoisotopic (exact) mass is 265 g/mol. The molecule has 0 bridgehead atoms. The molecule has 0 unspecified atom stereocenters. The van der Waals surface area contributed by atoms with E-state index >= 15 is 0 Å². The number of nitrogens with zero attached hydrogens (tertiary/aromatic N) is 1. The first-order valence-electron chi connectivity index (χ1n) is 7.13. The van der Waals surface area contributed by atoms with Crippen molar-refractivity contribution in [2.75, 3.05) is 26.9 Å². The van der Waals surface area contributed by atoms with Crippen LogP contribution in [0.1, 0.15) is 65.2 Å². The van der Waals surface area contributed by atoms with Gasteiger partial charge in [-0.25, -0.2) is 0 Å². The van der Waals surface area contributed by atoms with Crippen molar-refractivity contribution in [3.63, 3.8) is 0 Å². The maximum atomic E-state index is 9.47. The van der Waals surface area contributed by atoms with E-state index in [1.165, 1.54) is 51.4 Å². The molecule has 0 aliphatic rings. The highest BCUT2D eigenvalue weighted by Crippen LogP contribution is 2.10. The molecule has 3 heteroatoms. The molecule has 1 N–H and O–H groups in total. The Bertz CT molecular complexity index is 141. The Hall–Kier alpha value is 0.210. The van der Waals surface area contributed by atoms with Crippen LogP contribution in [0.4, 0.5) is 0 Å².